The Morgan fingerprint density at radius 2 is 1.93 bits per heavy atom. The van der Waals surface area contributed by atoms with Crippen LogP contribution in [0.5, 0.6) is 5.75 Å². The lowest BCUT2D eigenvalue weighted by Crippen LogP contribution is -2.49. The molecule has 150 valence electrons. The Morgan fingerprint density at radius 3 is 2.68 bits per heavy atom. The van der Waals surface area contributed by atoms with Crippen molar-refractivity contribution in [1.82, 2.24) is 14.3 Å². The number of piperazine rings is 1. The van der Waals surface area contributed by atoms with Gasteiger partial charge in [0.25, 0.3) is 0 Å². The zero-order valence-electron chi connectivity index (χ0n) is 16.2. The summed E-state index contributed by atoms with van der Waals surface area (Å²) in [6, 6.07) is 7.05. The molecule has 28 heavy (non-hydrogen) atoms. The fraction of sp³-hybridized carbons (Fsp3) is 0.474. The Morgan fingerprint density at radius 1 is 1.14 bits per heavy atom. The molecule has 1 aromatic carbocycles. The van der Waals surface area contributed by atoms with E-state index in [9.17, 15) is 8.42 Å². The number of anilines is 2. The Bertz CT molecular complexity index is 972. The van der Waals surface area contributed by atoms with Gasteiger partial charge < -0.3 is 15.0 Å². The molecule has 0 saturated carbocycles. The minimum Gasteiger partial charge on any atom is -0.493 e. The number of benzene rings is 1. The van der Waals surface area contributed by atoms with Crippen molar-refractivity contribution in [2.24, 2.45) is 0 Å². The first kappa shape index (κ1) is 18.9. The maximum Gasteiger partial charge on any atom is 0.243 e. The summed E-state index contributed by atoms with van der Waals surface area (Å²) in [7, 11) is -3.52. The lowest BCUT2D eigenvalue weighted by molar-refractivity contribution is 0.356. The molecule has 0 amide bonds. The Balaban J connectivity index is 1.48. The number of ether oxygens (including phenoxy) is 1. The quantitative estimate of drug-likeness (QED) is 0.812. The maximum absolute atomic E-state index is 13.0. The van der Waals surface area contributed by atoms with Crippen molar-refractivity contribution in [2.75, 3.05) is 49.5 Å². The van der Waals surface area contributed by atoms with Gasteiger partial charge in [0.1, 0.15) is 11.6 Å². The molecule has 2 aliphatic rings. The second-order valence-electron chi connectivity index (χ2n) is 6.98. The molecule has 0 radical (unpaired) electrons. The van der Waals surface area contributed by atoms with E-state index in [1.54, 1.807) is 22.5 Å². The zero-order chi connectivity index (χ0) is 19.7. The summed E-state index contributed by atoms with van der Waals surface area (Å²) < 4.78 is 33.1. The van der Waals surface area contributed by atoms with Gasteiger partial charge in [-0.2, -0.15) is 9.29 Å². The van der Waals surface area contributed by atoms with Crippen molar-refractivity contribution >= 4 is 21.8 Å². The van der Waals surface area contributed by atoms with Crippen LogP contribution in [-0.4, -0.2) is 62.0 Å². The number of rotatable bonds is 5. The summed E-state index contributed by atoms with van der Waals surface area (Å²) in [5.41, 5.74) is 1.85. The van der Waals surface area contributed by atoms with Crippen LogP contribution in [0.2, 0.25) is 0 Å². The molecule has 9 heteroatoms. The minimum absolute atomic E-state index is 0.339. The highest BCUT2D eigenvalue weighted by Gasteiger charge is 2.30. The normalized spacial score (nSPS) is 17.3. The van der Waals surface area contributed by atoms with E-state index < -0.39 is 10.0 Å². The van der Waals surface area contributed by atoms with Crippen molar-refractivity contribution < 1.29 is 13.2 Å². The van der Waals surface area contributed by atoms with Gasteiger partial charge in [0.15, 0.2) is 0 Å². The molecular formula is C19H25N5O3S. The summed E-state index contributed by atoms with van der Waals surface area (Å²) in [5.74, 6) is 2.22. The van der Waals surface area contributed by atoms with Crippen LogP contribution in [0.1, 0.15) is 18.2 Å². The molecule has 0 spiro atoms. The first-order chi connectivity index (χ1) is 13.5. The molecule has 1 N–H and O–H groups in total. The molecule has 0 unspecified atom stereocenters. The molecule has 0 atom stereocenters. The van der Waals surface area contributed by atoms with Crippen LogP contribution < -0.4 is 15.0 Å². The van der Waals surface area contributed by atoms with E-state index in [0.29, 0.717) is 43.6 Å². The van der Waals surface area contributed by atoms with Gasteiger partial charge in [0, 0.05) is 50.9 Å². The molecule has 1 fully saturated rings. The molecular weight excluding hydrogens is 378 g/mol. The second-order valence-corrected chi connectivity index (χ2v) is 8.92. The molecule has 1 saturated heterocycles. The highest BCUT2D eigenvalue weighted by atomic mass is 32.2. The van der Waals surface area contributed by atoms with Gasteiger partial charge in [-0.3, -0.25) is 0 Å². The van der Waals surface area contributed by atoms with Crippen LogP contribution >= 0.6 is 0 Å². The summed E-state index contributed by atoms with van der Waals surface area (Å²) in [5, 5.41) is 3.21. The third-order valence-corrected chi connectivity index (χ3v) is 6.92. The minimum atomic E-state index is -3.52. The van der Waals surface area contributed by atoms with Crippen LogP contribution in [-0.2, 0) is 16.4 Å². The third-order valence-electron chi connectivity index (χ3n) is 5.02. The predicted molar refractivity (Wildman–Crippen MR) is 108 cm³/mol. The highest BCUT2D eigenvalue weighted by molar-refractivity contribution is 7.89. The number of sulfonamides is 1. The molecule has 3 heterocycles. The van der Waals surface area contributed by atoms with E-state index in [2.05, 4.69) is 15.3 Å². The van der Waals surface area contributed by atoms with E-state index in [1.165, 1.54) is 0 Å². The fourth-order valence-corrected chi connectivity index (χ4v) is 5.04. The van der Waals surface area contributed by atoms with E-state index in [0.717, 1.165) is 35.8 Å². The second kappa shape index (κ2) is 7.56. The van der Waals surface area contributed by atoms with Gasteiger partial charge in [-0.25, -0.2) is 13.4 Å². The SMILES string of the molecule is CCNc1cc(C)nc(N2CCN(S(=O)(=O)c3ccc4c(c3)CCO4)CC2)n1. The molecule has 8 nitrogen and oxygen atoms in total. The van der Waals surface area contributed by atoms with E-state index >= 15 is 0 Å². The third kappa shape index (κ3) is 3.64. The van der Waals surface area contributed by atoms with Crippen LogP contribution in [0.3, 0.4) is 0 Å². The fourth-order valence-electron chi connectivity index (χ4n) is 3.57. The zero-order valence-corrected chi connectivity index (χ0v) is 17.0. The average molecular weight is 404 g/mol. The van der Waals surface area contributed by atoms with E-state index in [-0.39, 0.29) is 0 Å². The average Bonchev–Trinajstić information content (AvgIpc) is 3.16. The van der Waals surface area contributed by atoms with Gasteiger partial charge >= 0.3 is 0 Å². The van der Waals surface area contributed by atoms with E-state index in [4.69, 9.17) is 4.74 Å². The molecule has 0 aliphatic carbocycles. The lowest BCUT2D eigenvalue weighted by Gasteiger charge is -2.34. The van der Waals surface area contributed by atoms with Crippen molar-refractivity contribution in [2.45, 2.75) is 25.2 Å². The standard InChI is InChI=1S/C19H25N5O3S/c1-3-20-18-12-14(2)21-19(22-18)23-7-9-24(10-8-23)28(25,26)16-4-5-17-15(13-16)6-11-27-17/h4-5,12-13H,3,6-11H2,1-2H3,(H,20,21,22). The van der Waals surface area contributed by atoms with Crippen molar-refractivity contribution in [3.05, 3.63) is 35.5 Å². The number of fused-ring (bicyclic) bond motifs is 1. The van der Waals surface area contributed by atoms with Gasteiger partial charge in [0.2, 0.25) is 16.0 Å². The Hall–Kier alpha value is -2.39. The predicted octanol–water partition coefficient (Wildman–Crippen LogP) is 1.66. The maximum atomic E-state index is 13.0. The Kier molecular flexibility index (Phi) is 5.11. The van der Waals surface area contributed by atoms with Crippen LogP contribution in [0, 0.1) is 6.92 Å². The number of nitrogens with zero attached hydrogens (tertiary/aromatic N) is 4. The van der Waals surface area contributed by atoms with Gasteiger partial charge in [-0.1, -0.05) is 0 Å². The van der Waals surface area contributed by atoms with Crippen molar-refractivity contribution in [3.8, 4) is 5.75 Å². The molecule has 2 aliphatic heterocycles. The van der Waals surface area contributed by atoms with E-state index in [1.807, 2.05) is 24.8 Å². The number of hydrogen-bond acceptors (Lipinski definition) is 7. The monoisotopic (exact) mass is 403 g/mol. The summed E-state index contributed by atoms with van der Waals surface area (Å²) in [6.45, 7) is 7.28. The highest BCUT2D eigenvalue weighted by Crippen LogP contribution is 2.29. The lowest BCUT2D eigenvalue weighted by atomic mass is 10.2. The van der Waals surface area contributed by atoms with Crippen LogP contribution in [0.25, 0.3) is 0 Å². The number of nitrogens with one attached hydrogen (secondary N) is 1. The van der Waals surface area contributed by atoms with Gasteiger partial charge in [-0.15, -0.1) is 0 Å². The van der Waals surface area contributed by atoms with Crippen molar-refractivity contribution in [1.29, 1.82) is 0 Å². The summed E-state index contributed by atoms with van der Waals surface area (Å²) in [4.78, 5) is 11.4. The first-order valence-electron chi connectivity index (χ1n) is 9.58. The van der Waals surface area contributed by atoms with Crippen LogP contribution in [0.15, 0.2) is 29.2 Å². The number of aromatic nitrogens is 2. The molecule has 1 aromatic heterocycles. The van der Waals surface area contributed by atoms with Gasteiger partial charge in [-0.05, 0) is 37.6 Å². The van der Waals surface area contributed by atoms with Crippen LogP contribution in [0.4, 0.5) is 11.8 Å². The topological polar surface area (TPSA) is 87.7 Å². The largest absolute Gasteiger partial charge is 0.493 e. The summed E-state index contributed by atoms with van der Waals surface area (Å²) in [6.07, 6.45) is 0.755. The van der Waals surface area contributed by atoms with Crippen molar-refractivity contribution in [3.63, 3.8) is 0 Å². The van der Waals surface area contributed by atoms with Gasteiger partial charge in [0.05, 0.1) is 11.5 Å². The number of aryl methyl sites for hydroxylation is 1. The smallest absolute Gasteiger partial charge is 0.243 e. The first-order valence-corrected chi connectivity index (χ1v) is 11.0. The molecule has 0 bridgehead atoms. The summed E-state index contributed by atoms with van der Waals surface area (Å²) >= 11 is 0. The Labute approximate surface area is 165 Å². The number of hydrogen-bond donors (Lipinski definition) is 1. The molecule has 2 aromatic rings. The molecule has 4 rings (SSSR count).